The fraction of sp³-hybridized carbons (Fsp3) is 1.00. The largest absolute Gasteiger partial charge is 0.396 e. The quantitative estimate of drug-likeness (QED) is 0.308. The van der Waals surface area contributed by atoms with Crippen molar-refractivity contribution in [2.75, 3.05) is 33.0 Å². The van der Waals surface area contributed by atoms with Crippen molar-refractivity contribution in [3.05, 3.63) is 0 Å². The van der Waals surface area contributed by atoms with Gasteiger partial charge in [0.05, 0.1) is 12.7 Å². The molecule has 0 aromatic rings. The molecule has 0 aliphatic rings. The van der Waals surface area contributed by atoms with Gasteiger partial charge in [0.1, 0.15) is 0 Å². The smallest absolute Gasteiger partial charge is 0.0770 e. The first kappa shape index (κ1) is 25.7. The number of rotatable bonds is 11. The predicted molar refractivity (Wildman–Crippen MR) is 84.0 cm³/mol. The maximum absolute atomic E-state index is 8.74. The van der Waals surface area contributed by atoms with E-state index in [-0.39, 0.29) is 33.0 Å². The Bertz CT molecular complexity index is 138. The average molecular weight is 312 g/mol. The zero-order valence-corrected chi connectivity index (χ0v) is 13.5. The van der Waals surface area contributed by atoms with Crippen molar-refractivity contribution in [2.24, 2.45) is 0 Å². The van der Waals surface area contributed by atoms with Crippen LogP contribution in [-0.2, 0) is 0 Å². The van der Waals surface area contributed by atoms with Gasteiger partial charge in [0.2, 0.25) is 0 Å². The van der Waals surface area contributed by atoms with Crippen LogP contribution in [0.1, 0.15) is 58.3 Å². The van der Waals surface area contributed by atoms with Crippen molar-refractivity contribution in [1.29, 1.82) is 0 Å². The lowest BCUT2D eigenvalue weighted by Crippen LogP contribution is -2.10. The monoisotopic (exact) mass is 312 g/mol. The van der Waals surface area contributed by atoms with Crippen LogP contribution in [0.25, 0.3) is 0 Å². The minimum Gasteiger partial charge on any atom is -0.396 e. The van der Waals surface area contributed by atoms with Crippen LogP contribution in [0.3, 0.4) is 0 Å². The van der Waals surface area contributed by atoms with E-state index in [1.807, 2.05) is 0 Å². The van der Waals surface area contributed by atoms with Gasteiger partial charge in [0.15, 0.2) is 0 Å². The lowest BCUT2D eigenvalue weighted by atomic mass is 10.2. The third-order valence-electron chi connectivity index (χ3n) is 2.48. The highest BCUT2D eigenvalue weighted by molar-refractivity contribution is 4.50. The minimum absolute atomic E-state index is 0.0972. The lowest BCUT2D eigenvalue weighted by Gasteiger charge is -2.02. The summed E-state index contributed by atoms with van der Waals surface area (Å²) in [7, 11) is 0. The Kier molecular flexibility index (Phi) is 34.3. The van der Waals surface area contributed by atoms with Gasteiger partial charge in [-0.1, -0.05) is 19.8 Å². The van der Waals surface area contributed by atoms with Gasteiger partial charge in [-0.25, -0.2) is 0 Å². The lowest BCUT2D eigenvalue weighted by molar-refractivity contribution is 0.0865. The minimum atomic E-state index is -0.491. The highest BCUT2D eigenvalue weighted by Gasteiger charge is 1.97. The SMILES string of the molecule is CCCCC(O)CO.OCCCCCO.OCCCCO. The molecule has 0 rings (SSSR count). The Morgan fingerprint density at radius 3 is 1.29 bits per heavy atom. The standard InChI is InChI=1S/C6H14O2.C5H12O2.C4H10O2/c1-2-3-4-6(8)5-7;6-4-2-1-3-5-7;5-3-1-2-4-6/h6-8H,2-5H2,1H3;6-7H,1-5H2;5-6H,1-4H2. The van der Waals surface area contributed by atoms with Crippen LogP contribution in [0, 0.1) is 0 Å². The van der Waals surface area contributed by atoms with E-state index in [1.54, 1.807) is 0 Å². The second kappa shape index (κ2) is 28.0. The van der Waals surface area contributed by atoms with E-state index in [0.717, 1.165) is 51.4 Å². The Balaban J connectivity index is -0.000000234. The van der Waals surface area contributed by atoms with Crippen LogP contribution >= 0.6 is 0 Å². The van der Waals surface area contributed by atoms with Crippen molar-refractivity contribution in [2.45, 2.75) is 64.4 Å². The number of aliphatic hydroxyl groups is 6. The fourth-order valence-electron chi connectivity index (χ4n) is 1.16. The molecule has 1 unspecified atom stereocenters. The Labute approximate surface area is 129 Å². The molecular weight excluding hydrogens is 276 g/mol. The van der Waals surface area contributed by atoms with Crippen molar-refractivity contribution < 1.29 is 30.6 Å². The molecule has 0 amide bonds. The molecule has 0 spiro atoms. The summed E-state index contributed by atoms with van der Waals surface area (Å²) in [4.78, 5) is 0. The third-order valence-corrected chi connectivity index (χ3v) is 2.48. The van der Waals surface area contributed by atoms with E-state index in [2.05, 4.69) is 6.92 Å². The number of aliphatic hydroxyl groups excluding tert-OH is 6. The van der Waals surface area contributed by atoms with Gasteiger partial charge < -0.3 is 30.6 Å². The summed E-state index contributed by atoms with van der Waals surface area (Å²) in [6.45, 7) is 2.85. The van der Waals surface area contributed by atoms with Crippen molar-refractivity contribution in [3.8, 4) is 0 Å². The molecule has 6 heteroatoms. The van der Waals surface area contributed by atoms with Gasteiger partial charge >= 0.3 is 0 Å². The van der Waals surface area contributed by atoms with Gasteiger partial charge in [-0.05, 0) is 38.5 Å². The summed E-state index contributed by atoms with van der Waals surface area (Å²) < 4.78 is 0. The summed E-state index contributed by atoms with van der Waals surface area (Å²) in [6.07, 6.45) is 6.34. The van der Waals surface area contributed by atoms with E-state index < -0.39 is 6.10 Å². The van der Waals surface area contributed by atoms with Crippen LogP contribution in [-0.4, -0.2) is 69.8 Å². The molecule has 132 valence electrons. The molecule has 0 fully saturated rings. The van der Waals surface area contributed by atoms with Gasteiger partial charge in [-0.15, -0.1) is 0 Å². The molecule has 0 aromatic heterocycles. The van der Waals surface area contributed by atoms with Gasteiger partial charge in [0.25, 0.3) is 0 Å². The summed E-state index contributed by atoms with van der Waals surface area (Å²) in [5, 5.41) is 49.6. The summed E-state index contributed by atoms with van der Waals surface area (Å²) >= 11 is 0. The Morgan fingerprint density at radius 2 is 1.00 bits per heavy atom. The number of hydrogen-bond donors (Lipinski definition) is 6. The molecule has 0 saturated heterocycles. The average Bonchev–Trinajstić information content (AvgIpc) is 2.52. The molecular formula is C15H36O6. The van der Waals surface area contributed by atoms with Crippen LogP contribution in [0.5, 0.6) is 0 Å². The van der Waals surface area contributed by atoms with Crippen LogP contribution < -0.4 is 0 Å². The fourth-order valence-corrected chi connectivity index (χ4v) is 1.16. The van der Waals surface area contributed by atoms with E-state index in [0.29, 0.717) is 0 Å². The van der Waals surface area contributed by atoms with Crippen LogP contribution in [0.2, 0.25) is 0 Å². The van der Waals surface area contributed by atoms with Crippen LogP contribution in [0.15, 0.2) is 0 Å². The molecule has 0 aliphatic carbocycles. The van der Waals surface area contributed by atoms with Crippen molar-refractivity contribution in [3.63, 3.8) is 0 Å². The molecule has 0 radical (unpaired) electrons. The van der Waals surface area contributed by atoms with E-state index in [9.17, 15) is 0 Å². The van der Waals surface area contributed by atoms with E-state index in [1.165, 1.54) is 0 Å². The molecule has 0 aromatic carbocycles. The first-order valence-electron chi connectivity index (χ1n) is 7.86. The van der Waals surface area contributed by atoms with E-state index in [4.69, 9.17) is 30.6 Å². The van der Waals surface area contributed by atoms with Crippen LogP contribution in [0.4, 0.5) is 0 Å². The second-order valence-corrected chi connectivity index (χ2v) is 4.64. The summed E-state index contributed by atoms with van der Waals surface area (Å²) in [5.74, 6) is 0. The zero-order chi connectivity index (χ0) is 16.8. The second-order valence-electron chi connectivity index (χ2n) is 4.64. The molecule has 1 atom stereocenters. The summed E-state index contributed by atoms with van der Waals surface area (Å²) in [5.41, 5.74) is 0. The van der Waals surface area contributed by atoms with Gasteiger partial charge in [0, 0.05) is 26.4 Å². The number of hydrogen-bond acceptors (Lipinski definition) is 6. The third kappa shape index (κ3) is 38.3. The maximum Gasteiger partial charge on any atom is 0.0770 e. The molecule has 6 N–H and O–H groups in total. The first-order valence-corrected chi connectivity index (χ1v) is 7.86. The normalized spacial score (nSPS) is 11.0. The topological polar surface area (TPSA) is 121 Å². The van der Waals surface area contributed by atoms with E-state index >= 15 is 0 Å². The molecule has 0 bridgehead atoms. The molecule has 0 heterocycles. The van der Waals surface area contributed by atoms with Gasteiger partial charge in [-0.3, -0.25) is 0 Å². The molecule has 6 nitrogen and oxygen atoms in total. The maximum atomic E-state index is 8.74. The zero-order valence-electron chi connectivity index (χ0n) is 13.5. The molecule has 0 aliphatic heterocycles. The predicted octanol–water partition coefficient (Wildman–Crippen LogP) is 0.422. The number of unbranched alkanes of at least 4 members (excludes halogenated alkanes) is 4. The first-order chi connectivity index (χ1) is 10.1. The highest BCUT2D eigenvalue weighted by Crippen LogP contribution is 1.97. The Hall–Kier alpha value is -0.240. The Morgan fingerprint density at radius 1 is 0.619 bits per heavy atom. The van der Waals surface area contributed by atoms with Gasteiger partial charge in [-0.2, -0.15) is 0 Å². The highest BCUT2D eigenvalue weighted by atomic mass is 16.3. The summed E-state index contributed by atoms with van der Waals surface area (Å²) in [6, 6.07) is 0. The molecule has 21 heavy (non-hydrogen) atoms. The van der Waals surface area contributed by atoms with Crippen molar-refractivity contribution in [1.82, 2.24) is 0 Å². The molecule has 0 saturated carbocycles. The van der Waals surface area contributed by atoms with Crippen molar-refractivity contribution >= 4 is 0 Å².